The first kappa shape index (κ1) is 14.4. The van der Waals surface area contributed by atoms with E-state index in [1.165, 1.54) is 25.7 Å². The molecule has 0 saturated heterocycles. The van der Waals surface area contributed by atoms with Crippen molar-refractivity contribution in [1.29, 1.82) is 0 Å². The van der Waals surface area contributed by atoms with Gasteiger partial charge in [-0.1, -0.05) is 33.6 Å². The third kappa shape index (κ3) is 3.72. The molecule has 0 amide bonds. The Hall–Kier alpha value is -1.03. The summed E-state index contributed by atoms with van der Waals surface area (Å²) in [7, 11) is 2.11. The van der Waals surface area contributed by atoms with Gasteiger partial charge in [0.05, 0.1) is 5.69 Å². The van der Waals surface area contributed by atoms with Gasteiger partial charge >= 0.3 is 0 Å². The molecule has 1 saturated carbocycles. The van der Waals surface area contributed by atoms with Gasteiger partial charge in [0.1, 0.15) is 6.26 Å². The fourth-order valence-corrected chi connectivity index (χ4v) is 2.86. The second kappa shape index (κ2) is 6.42. The molecule has 19 heavy (non-hydrogen) atoms. The predicted octanol–water partition coefficient (Wildman–Crippen LogP) is 3.19. The maximum atomic E-state index is 5.64. The van der Waals surface area contributed by atoms with Crippen LogP contribution in [0.4, 0.5) is 6.01 Å². The molecule has 0 aromatic carbocycles. The van der Waals surface area contributed by atoms with Crippen LogP contribution in [0, 0.1) is 5.92 Å². The zero-order valence-electron chi connectivity index (χ0n) is 12.6. The number of aromatic nitrogens is 1. The number of oxazole rings is 1. The quantitative estimate of drug-likeness (QED) is 0.887. The van der Waals surface area contributed by atoms with Gasteiger partial charge in [0, 0.05) is 25.7 Å². The average molecular weight is 265 g/mol. The fourth-order valence-electron chi connectivity index (χ4n) is 2.86. The maximum absolute atomic E-state index is 5.64. The number of hydrogen-bond donors (Lipinski definition) is 1. The molecule has 1 heterocycles. The molecular weight excluding hydrogens is 238 g/mol. The van der Waals surface area contributed by atoms with Gasteiger partial charge in [-0.2, -0.15) is 4.98 Å². The molecule has 2 unspecified atom stereocenters. The van der Waals surface area contributed by atoms with Gasteiger partial charge in [-0.15, -0.1) is 0 Å². The summed E-state index contributed by atoms with van der Waals surface area (Å²) < 4.78 is 5.64. The first-order valence-corrected chi connectivity index (χ1v) is 7.48. The molecule has 1 aromatic heterocycles. The minimum Gasteiger partial charge on any atom is -0.432 e. The molecule has 2 atom stereocenters. The maximum Gasteiger partial charge on any atom is 0.297 e. The van der Waals surface area contributed by atoms with E-state index < -0.39 is 0 Å². The van der Waals surface area contributed by atoms with Gasteiger partial charge < -0.3 is 14.6 Å². The van der Waals surface area contributed by atoms with Crippen molar-refractivity contribution in [3.63, 3.8) is 0 Å². The van der Waals surface area contributed by atoms with Crippen molar-refractivity contribution in [1.82, 2.24) is 10.3 Å². The van der Waals surface area contributed by atoms with E-state index in [9.17, 15) is 0 Å². The lowest BCUT2D eigenvalue weighted by atomic mass is 9.85. The van der Waals surface area contributed by atoms with Gasteiger partial charge in [-0.25, -0.2) is 0 Å². The van der Waals surface area contributed by atoms with Crippen LogP contribution in [0.3, 0.4) is 0 Å². The summed E-state index contributed by atoms with van der Waals surface area (Å²) in [6, 6.07) is 1.80. The van der Waals surface area contributed by atoms with Crippen LogP contribution in [0.1, 0.15) is 52.1 Å². The zero-order valence-corrected chi connectivity index (χ0v) is 12.6. The summed E-state index contributed by atoms with van der Waals surface area (Å²) in [6.07, 6.45) is 7.02. The lowest BCUT2D eigenvalue weighted by Crippen LogP contribution is -2.39. The van der Waals surface area contributed by atoms with Crippen molar-refractivity contribution >= 4 is 6.01 Å². The molecule has 0 aliphatic heterocycles. The average Bonchev–Trinajstić information content (AvgIpc) is 2.85. The molecule has 0 radical (unpaired) electrons. The van der Waals surface area contributed by atoms with Crippen molar-refractivity contribution in [2.45, 2.75) is 65.1 Å². The minimum atomic E-state index is 0.469. The van der Waals surface area contributed by atoms with Gasteiger partial charge in [0.25, 0.3) is 6.01 Å². The van der Waals surface area contributed by atoms with E-state index in [-0.39, 0.29) is 0 Å². The number of nitrogens with one attached hydrogen (secondary N) is 1. The Morgan fingerprint density at radius 2 is 2.16 bits per heavy atom. The molecule has 0 spiro atoms. The van der Waals surface area contributed by atoms with Crippen molar-refractivity contribution in [3.05, 3.63) is 12.0 Å². The largest absolute Gasteiger partial charge is 0.432 e. The third-order valence-corrected chi connectivity index (χ3v) is 4.10. The molecule has 4 heteroatoms. The Balaban J connectivity index is 1.96. The SMILES string of the molecule is CC(C)NCc1coc(N(C)C2CCCCC2C)n1. The van der Waals surface area contributed by atoms with E-state index in [2.05, 4.69) is 43.0 Å². The normalized spacial score (nSPS) is 23.8. The molecule has 1 fully saturated rings. The van der Waals surface area contributed by atoms with Crippen LogP contribution in [-0.4, -0.2) is 24.1 Å². The fraction of sp³-hybridized carbons (Fsp3) is 0.800. The lowest BCUT2D eigenvalue weighted by molar-refractivity contribution is 0.311. The lowest BCUT2D eigenvalue weighted by Gasteiger charge is -2.35. The molecule has 108 valence electrons. The molecule has 1 aliphatic carbocycles. The first-order valence-electron chi connectivity index (χ1n) is 7.48. The van der Waals surface area contributed by atoms with E-state index in [0.717, 1.165) is 24.2 Å². The molecule has 1 aliphatic rings. The van der Waals surface area contributed by atoms with E-state index in [0.29, 0.717) is 12.1 Å². The molecule has 0 bridgehead atoms. The van der Waals surface area contributed by atoms with Crippen molar-refractivity contribution in [2.24, 2.45) is 5.92 Å². The second-order valence-electron chi connectivity index (χ2n) is 6.10. The number of anilines is 1. The summed E-state index contributed by atoms with van der Waals surface area (Å²) in [5.41, 5.74) is 0.985. The van der Waals surface area contributed by atoms with Crippen molar-refractivity contribution in [3.8, 4) is 0 Å². The third-order valence-electron chi connectivity index (χ3n) is 4.10. The highest BCUT2D eigenvalue weighted by Gasteiger charge is 2.27. The molecule has 1 N–H and O–H groups in total. The molecular formula is C15H27N3O. The zero-order chi connectivity index (χ0) is 13.8. The van der Waals surface area contributed by atoms with Gasteiger partial charge in [0.15, 0.2) is 0 Å². The summed E-state index contributed by atoms with van der Waals surface area (Å²) in [5.74, 6) is 0.725. The monoisotopic (exact) mass is 265 g/mol. The van der Waals surface area contributed by atoms with Crippen LogP contribution < -0.4 is 10.2 Å². The van der Waals surface area contributed by atoms with E-state index in [1.807, 2.05) is 0 Å². The summed E-state index contributed by atoms with van der Waals surface area (Å²) in [5, 5.41) is 3.36. The van der Waals surface area contributed by atoms with Crippen LogP contribution >= 0.6 is 0 Å². The molecule has 1 aromatic rings. The highest BCUT2D eigenvalue weighted by molar-refractivity contribution is 5.28. The smallest absolute Gasteiger partial charge is 0.297 e. The molecule has 4 nitrogen and oxygen atoms in total. The van der Waals surface area contributed by atoms with Crippen LogP contribution in [-0.2, 0) is 6.54 Å². The van der Waals surface area contributed by atoms with Crippen molar-refractivity contribution < 1.29 is 4.42 Å². The van der Waals surface area contributed by atoms with Crippen LogP contribution in [0.15, 0.2) is 10.7 Å². The van der Waals surface area contributed by atoms with E-state index in [4.69, 9.17) is 4.42 Å². The van der Waals surface area contributed by atoms with Crippen LogP contribution in [0.2, 0.25) is 0 Å². The van der Waals surface area contributed by atoms with Crippen LogP contribution in [0.25, 0.3) is 0 Å². The van der Waals surface area contributed by atoms with E-state index >= 15 is 0 Å². The Kier molecular flexibility index (Phi) is 4.86. The minimum absolute atomic E-state index is 0.469. The Morgan fingerprint density at radius 1 is 1.42 bits per heavy atom. The number of nitrogens with zero attached hydrogens (tertiary/aromatic N) is 2. The summed E-state index contributed by atoms with van der Waals surface area (Å²) in [6.45, 7) is 7.38. The van der Waals surface area contributed by atoms with Gasteiger partial charge in [0.2, 0.25) is 0 Å². The van der Waals surface area contributed by atoms with Gasteiger partial charge in [-0.05, 0) is 18.8 Å². The highest BCUT2D eigenvalue weighted by atomic mass is 16.4. The Labute approximate surface area is 116 Å². The summed E-state index contributed by atoms with van der Waals surface area (Å²) >= 11 is 0. The first-order chi connectivity index (χ1) is 9.08. The van der Waals surface area contributed by atoms with E-state index in [1.54, 1.807) is 6.26 Å². The second-order valence-corrected chi connectivity index (χ2v) is 6.10. The number of rotatable bonds is 5. The predicted molar refractivity (Wildman–Crippen MR) is 78.3 cm³/mol. The molecule has 2 rings (SSSR count). The summed E-state index contributed by atoms with van der Waals surface area (Å²) in [4.78, 5) is 6.81. The van der Waals surface area contributed by atoms with Crippen molar-refractivity contribution in [2.75, 3.05) is 11.9 Å². The Morgan fingerprint density at radius 3 is 2.84 bits per heavy atom. The topological polar surface area (TPSA) is 41.3 Å². The highest BCUT2D eigenvalue weighted by Crippen LogP contribution is 2.30. The standard InChI is InChI=1S/C15H27N3O/c1-11(2)16-9-13-10-19-15(17-13)18(4)14-8-6-5-7-12(14)3/h10-12,14,16H,5-9H2,1-4H3. The number of hydrogen-bond acceptors (Lipinski definition) is 4. The van der Waals surface area contributed by atoms with Gasteiger partial charge in [-0.3, -0.25) is 0 Å². The Bertz CT molecular complexity index is 388. The van der Waals surface area contributed by atoms with Crippen LogP contribution in [0.5, 0.6) is 0 Å².